The lowest BCUT2D eigenvalue weighted by Crippen LogP contribution is -2.03. The molecule has 0 saturated carbocycles. The molecule has 0 atom stereocenters. The van der Waals surface area contributed by atoms with E-state index in [0.717, 1.165) is 17.1 Å². The van der Waals surface area contributed by atoms with Crippen LogP contribution in [0.4, 0.5) is 0 Å². The number of rotatable bonds is 3. The highest BCUT2D eigenvalue weighted by Gasteiger charge is 2.07. The molecule has 1 heterocycles. The van der Waals surface area contributed by atoms with Crippen molar-refractivity contribution in [2.24, 2.45) is 5.92 Å². The van der Waals surface area contributed by atoms with E-state index in [9.17, 15) is 0 Å². The fourth-order valence-corrected chi connectivity index (χ4v) is 1.91. The third-order valence-electron chi connectivity index (χ3n) is 2.34. The van der Waals surface area contributed by atoms with Gasteiger partial charge in [0.25, 0.3) is 0 Å². The van der Waals surface area contributed by atoms with Crippen LogP contribution in [0.2, 0.25) is 5.02 Å². The summed E-state index contributed by atoms with van der Waals surface area (Å²) in [5, 5.41) is 4.91. The smallest absolute Gasteiger partial charge is 0.138 e. The molecule has 2 rings (SSSR count). The number of hydrogen-bond donors (Lipinski definition) is 0. The van der Waals surface area contributed by atoms with Gasteiger partial charge in [0.2, 0.25) is 0 Å². The quantitative estimate of drug-likeness (QED) is 0.819. The molecule has 0 amide bonds. The van der Waals surface area contributed by atoms with Gasteiger partial charge in [0.15, 0.2) is 0 Å². The molecule has 1 aromatic carbocycles. The monoisotopic (exact) mass is 235 g/mol. The van der Waals surface area contributed by atoms with E-state index in [0.29, 0.717) is 5.92 Å². The van der Waals surface area contributed by atoms with Crippen molar-refractivity contribution in [3.8, 4) is 5.69 Å². The number of nitrogens with zero attached hydrogens (tertiary/aromatic N) is 3. The summed E-state index contributed by atoms with van der Waals surface area (Å²) in [4.78, 5) is 3.96. The highest BCUT2D eigenvalue weighted by molar-refractivity contribution is 6.30. The number of halogens is 1. The molecule has 0 fully saturated rings. The van der Waals surface area contributed by atoms with Crippen LogP contribution in [0.15, 0.2) is 30.9 Å². The van der Waals surface area contributed by atoms with Crippen LogP contribution in [0.3, 0.4) is 0 Å². The Balaban J connectivity index is 2.44. The van der Waals surface area contributed by atoms with Gasteiger partial charge in [0, 0.05) is 5.02 Å². The largest absolute Gasteiger partial charge is 0.223 e. The van der Waals surface area contributed by atoms with Gasteiger partial charge in [-0.1, -0.05) is 25.4 Å². The summed E-state index contributed by atoms with van der Waals surface area (Å²) < 4.78 is 1.77. The van der Waals surface area contributed by atoms with Crippen molar-refractivity contribution in [1.29, 1.82) is 0 Å². The summed E-state index contributed by atoms with van der Waals surface area (Å²) in [5.74, 6) is 0.584. The number of benzene rings is 1. The molecule has 0 unspecified atom stereocenters. The predicted octanol–water partition coefficient (Wildman–Crippen LogP) is 3.12. The Labute approximate surface area is 100 Å². The topological polar surface area (TPSA) is 30.7 Å². The zero-order valence-electron chi connectivity index (χ0n) is 9.39. The van der Waals surface area contributed by atoms with Crippen LogP contribution in [0, 0.1) is 5.92 Å². The molecule has 4 heteroatoms. The highest BCUT2D eigenvalue weighted by atomic mass is 35.5. The molecule has 0 saturated heterocycles. The van der Waals surface area contributed by atoms with E-state index in [4.69, 9.17) is 11.6 Å². The van der Waals surface area contributed by atoms with E-state index in [2.05, 4.69) is 23.9 Å². The zero-order valence-corrected chi connectivity index (χ0v) is 10.1. The number of aromatic nitrogens is 3. The fraction of sp³-hybridized carbons (Fsp3) is 0.333. The van der Waals surface area contributed by atoms with Crippen molar-refractivity contribution in [2.75, 3.05) is 0 Å². The molecule has 3 nitrogen and oxygen atoms in total. The minimum absolute atomic E-state index is 0.584. The first kappa shape index (κ1) is 11.1. The van der Waals surface area contributed by atoms with Crippen LogP contribution in [0.25, 0.3) is 5.69 Å². The normalized spacial score (nSPS) is 11.0. The van der Waals surface area contributed by atoms with Gasteiger partial charge in [-0.15, -0.1) is 0 Å². The van der Waals surface area contributed by atoms with Crippen molar-refractivity contribution in [3.63, 3.8) is 0 Å². The van der Waals surface area contributed by atoms with Crippen LogP contribution in [-0.4, -0.2) is 14.8 Å². The molecule has 0 bridgehead atoms. The van der Waals surface area contributed by atoms with Crippen molar-refractivity contribution in [1.82, 2.24) is 14.8 Å². The molecule has 16 heavy (non-hydrogen) atoms. The second-order valence-corrected chi connectivity index (χ2v) is 4.65. The second kappa shape index (κ2) is 4.66. The molecule has 84 valence electrons. The van der Waals surface area contributed by atoms with Gasteiger partial charge in [-0.2, -0.15) is 5.10 Å². The first-order valence-electron chi connectivity index (χ1n) is 5.30. The van der Waals surface area contributed by atoms with Crippen molar-refractivity contribution >= 4 is 11.6 Å². The van der Waals surface area contributed by atoms with Crippen LogP contribution >= 0.6 is 11.6 Å². The summed E-state index contributed by atoms with van der Waals surface area (Å²) in [6.45, 7) is 4.37. The lowest BCUT2D eigenvalue weighted by molar-refractivity contribution is 0.642. The van der Waals surface area contributed by atoms with E-state index in [-0.39, 0.29) is 0 Å². The van der Waals surface area contributed by atoms with Gasteiger partial charge in [-0.3, -0.25) is 0 Å². The summed E-state index contributed by atoms with van der Waals surface area (Å²) in [6.07, 6.45) is 4.22. The Morgan fingerprint density at radius 2 is 2.19 bits per heavy atom. The molecule has 0 aliphatic carbocycles. The van der Waals surface area contributed by atoms with E-state index in [1.54, 1.807) is 11.0 Å². The van der Waals surface area contributed by atoms with Gasteiger partial charge < -0.3 is 0 Å². The predicted molar refractivity (Wildman–Crippen MR) is 64.9 cm³/mol. The Kier molecular flexibility index (Phi) is 3.25. The maximum Gasteiger partial charge on any atom is 0.138 e. The Hall–Kier alpha value is -1.35. The lowest BCUT2D eigenvalue weighted by atomic mass is 10.0. The molecule has 0 aliphatic heterocycles. The fourth-order valence-electron chi connectivity index (χ4n) is 1.71. The van der Waals surface area contributed by atoms with E-state index in [1.807, 2.05) is 18.2 Å². The third kappa shape index (κ3) is 2.42. The minimum Gasteiger partial charge on any atom is -0.223 e. The number of hydrogen-bond acceptors (Lipinski definition) is 2. The zero-order chi connectivity index (χ0) is 11.5. The Bertz CT molecular complexity index is 463. The first-order valence-corrected chi connectivity index (χ1v) is 5.68. The molecule has 1 aromatic heterocycles. The maximum absolute atomic E-state index is 6.02. The van der Waals surface area contributed by atoms with Crippen molar-refractivity contribution < 1.29 is 0 Å². The summed E-state index contributed by atoms with van der Waals surface area (Å²) in [7, 11) is 0. The summed E-state index contributed by atoms with van der Waals surface area (Å²) in [5.41, 5.74) is 2.25. The average Bonchev–Trinajstić information content (AvgIpc) is 2.69. The summed E-state index contributed by atoms with van der Waals surface area (Å²) >= 11 is 6.02. The van der Waals surface area contributed by atoms with Gasteiger partial charge >= 0.3 is 0 Å². The maximum atomic E-state index is 6.02. The van der Waals surface area contributed by atoms with Crippen LogP contribution in [0.1, 0.15) is 19.4 Å². The van der Waals surface area contributed by atoms with Crippen LogP contribution in [-0.2, 0) is 6.42 Å². The lowest BCUT2D eigenvalue weighted by Gasteiger charge is -2.11. The van der Waals surface area contributed by atoms with E-state index >= 15 is 0 Å². The third-order valence-corrected chi connectivity index (χ3v) is 2.57. The first-order chi connectivity index (χ1) is 7.66. The van der Waals surface area contributed by atoms with Crippen molar-refractivity contribution in [2.45, 2.75) is 20.3 Å². The van der Waals surface area contributed by atoms with Crippen molar-refractivity contribution in [3.05, 3.63) is 41.4 Å². The average molecular weight is 236 g/mol. The molecular weight excluding hydrogens is 222 g/mol. The molecule has 0 radical (unpaired) electrons. The highest BCUT2D eigenvalue weighted by Crippen LogP contribution is 2.21. The molecule has 2 aromatic rings. The summed E-state index contributed by atoms with van der Waals surface area (Å²) in [6, 6.07) is 5.86. The van der Waals surface area contributed by atoms with Gasteiger partial charge in [0.05, 0.1) is 5.69 Å². The Morgan fingerprint density at radius 1 is 1.38 bits per heavy atom. The van der Waals surface area contributed by atoms with Crippen LogP contribution in [0.5, 0.6) is 0 Å². The van der Waals surface area contributed by atoms with Gasteiger partial charge in [0.1, 0.15) is 12.7 Å². The molecule has 0 N–H and O–H groups in total. The standard InChI is InChI=1S/C12H14ClN3/c1-9(2)5-10-6-11(13)3-4-12(10)16-8-14-7-15-16/h3-4,6-9H,5H2,1-2H3. The SMILES string of the molecule is CC(C)Cc1cc(Cl)ccc1-n1cncn1. The van der Waals surface area contributed by atoms with Gasteiger partial charge in [-0.05, 0) is 36.1 Å². The van der Waals surface area contributed by atoms with E-state index < -0.39 is 0 Å². The minimum atomic E-state index is 0.584. The second-order valence-electron chi connectivity index (χ2n) is 4.21. The molecule has 0 spiro atoms. The molecular formula is C12H14ClN3. The Morgan fingerprint density at radius 3 is 2.81 bits per heavy atom. The van der Waals surface area contributed by atoms with Gasteiger partial charge in [-0.25, -0.2) is 9.67 Å². The van der Waals surface area contributed by atoms with Crippen LogP contribution < -0.4 is 0 Å². The van der Waals surface area contributed by atoms with E-state index in [1.165, 1.54) is 11.9 Å². The molecule has 0 aliphatic rings.